The predicted octanol–water partition coefficient (Wildman–Crippen LogP) is 2.55. The SMILES string of the molecule is CCOC(=O)c1cnn(C)c1COCCCC(C)C. The van der Waals surface area contributed by atoms with E-state index in [9.17, 15) is 4.79 Å². The van der Waals surface area contributed by atoms with Crippen molar-refractivity contribution in [2.75, 3.05) is 13.2 Å². The maximum absolute atomic E-state index is 11.7. The molecule has 0 aliphatic heterocycles. The maximum atomic E-state index is 11.7. The molecule has 0 spiro atoms. The molecule has 0 N–H and O–H groups in total. The van der Waals surface area contributed by atoms with Crippen molar-refractivity contribution < 1.29 is 14.3 Å². The van der Waals surface area contributed by atoms with Gasteiger partial charge in [0.1, 0.15) is 5.56 Å². The Hall–Kier alpha value is -1.36. The zero-order chi connectivity index (χ0) is 14.3. The summed E-state index contributed by atoms with van der Waals surface area (Å²) in [4.78, 5) is 11.7. The van der Waals surface area contributed by atoms with Crippen molar-refractivity contribution in [3.63, 3.8) is 0 Å². The van der Waals surface area contributed by atoms with Crippen LogP contribution in [0.1, 0.15) is 49.7 Å². The van der Waals surface area contributed by atoms with Crippen LogP contribution >= 0.6 is 0 Å². The lowest BCUT2D eigenvalue weighted by atomic mass is 10.1. The second-order valence-corrected chi connectivity index (χ2v) is 4.94. The second-order valence-electron chi connectivity index (χ2n) is 4.94. The minimum absolute atomic E-state index is 0.337. The van der Waals surface area contributed by atoms with Crippen LogP contribution in [0.4, 0.5) is 0 Å². The van der Waals surface area contributed by atoms with Crippen LogP contribution in [0.2, 0.25) is 0 Å². The lowest BCUT2D eigenvalue weighted by Gasteiger charge is -2.08. The molecule has 5 heteroatoms. The van der Waals surface area contributed by atoms with Gasteiger partial charge in [0.15, 0.2) is 0 Å². The number of nitrogens with zero attached hydrogens (tertiary/aromatic N) is 2. The highest BCUT2D eigenvalue weighted by Crippen LogP contribution is 2.11. The van der Waals surface area contributed by atoms with Gasteiger partial charge in [-0.1, -0.05) is 13.8 Å². The number of esters is 1. The number of carbonyl (C=O) groups excluding carboxylic acids is 1. The Kier molecular flexibility index (Phi) is 6.56. The minimum atomic E-state index is -0.337. The third-order valence-electron chi connectivity index (χ3n) is 2.87. The first-order valence-electron chi connectivity index (χ1n) is 6.82. The highest BCUT2D eigenvalue weighted by molar-refractivity contribution is 5.90. The van der Waals surface area contributed by atoms with Gasteiger partial charge in [-0.2, -0.15) is 5.10 Å². The van der Waals surface area contributed by atoms with Gasteiger partial charge in [0, 0.05) is 13.7 Å². The minimum Gasteiger partial charge on any atom is -0.462 e. The largest absolute Gasteiger partial charge is 0.462 e. The summed E-state index contributed by atoms with van der Waals surface area (Å²) in [5.74, 6) is 0.353. The highest BCUT2D eigenvalue weighted by Gasteiger charge is 2.16. The molecule has 0 bridgehead atoms. The first kappa shape index (κ1) is 15.7. The topological polar surface area (TPSA) is 53.3 Å². The van der Waals surface area contributed by atoms with E-state index in [1.54, 1.807) is 18.7 Å². The Bertz CT molecular complexity index is 399. The van der Waals surface area contributed by atoms with Crippen molar-refractivity contribution in [3.8, 4) is 0 Å². The van der Waals surface area contributed by atoms with E-state index >= 15 is 0 Å². The van der Waals surface area contributed by atoms with Crippen LogP contribution in [0.25, 0.3) is 0 Å². The molecule has 1 aromatic heterocycles. The summed E-state index contributed by atoms with van der Waals surface area (Å²) in [5, 5.41) is 4.08. The molecule has 0 amide bonds. The summed E-state index contributed by atoms with van der Waals surface area (Å²) in [6.45, 7) is 7.63. The fourth-order valence-electron chi connectivity index (χ4n) is 1.78. The number of aromatic nitrogens is 2. The first-order chi connectivity index (χ1) is 9.06. The summed E-state index contributed by atoms with van der Waals surface area (Å²) in [5.41, 5.74) is 1.26. The second kappa shape index (κ2) is 7.94. The van der Waals surface area contributed by atoms with Crippen LogP contribution in [-0.2, 0) is 23.1 Å². The molecule has 0 saturated heterocycles. The van der Waals surface area contributed by atoms with Gasteiger partial charge in [-0.05, 0) is 25.7 Å². The van der Waals surface area contributed by atoms with Gasteiger partial charge in [-0.3, -0.25) is 4.68 Å². The molecule has 0 aromatic carbocycles. The number of carbonyl (C=O) groups is 1. The first-order valence-corrected chi connectivity index (χ1v) is 6.82. The lowest BCUT2D eigenvalue weighted by molar-refractivity contribution is 0.0516. The average molecular weight is 268 g/mol. The quantitative estimate of drug-likeness (QED) is 0.537. The van der Waals surface area contributed by atoms with Crippen molar-refractivity contribution in [1.29, 1.82) is 0 Å². The highest BCUT2D eigenvalue weighted by atomic mass is 16.5. The predicted molar refractivity (Wildman–Crippen MR) is 72.9 cm³/mol. The van der Waals surface area contributed by atoms with E-state index in [1.165, 1.54) is 6.20 Å². The molecule has 0 aliphatic carbocycles. The molecule has 0 saturated carbocycles. The van der Waals surface area contributed by atoms with E-state index in [0.29, 0.717) is 31.3 Å². The monoisotopic (exact) mass is 268 g/mol. The van der Waals surface area contributed by atoms with Gasteiger partial charge in [0.05, 0.1) is 25.1 Å². The number of hydrogen-bond donors (Lipinski definition) is 0. The van der Waals surface area contributed by atoms with E-state index in [1.807, 2.05) is 0 Å². The standard InChI is InChI=1S/C14H24N2O3/c1-5-19-14(17)12-9-15-16(4)13(12)10-18-8-6-7-11(2)3/h9,11H,5-8,10H2,1-4H3. The van der Waals surface area contributed by atoms with E-state index < -0.39 is 0 Å². The molecule has 5 nitrogen and oxygen atoms in total. The molecule has 1 heterocycles. The average Bonchev–Trinajstić information content (AvgIpc) is 2.70. The molecule has 0 atom stereocenters. The van der Waals surface area contributed by atoms with Gasteiger partial charge in [0.2, 0.25) is 0 Å². The molecule has 0 unspecified atom stereocenters. The van der Waals surface area contributed by atoms with Crippen molar-refractivity contribution in [2.24, 2.45) is 13.0 Å². The van der Waals surface area contributed by atoms with Gasteiger partial charge in [-0.15, -0.1) is 0 Å². The van der Waals surface area contributed by atoms with Crippen LogP contribution in [0.15, 0.2) is 6.20 Å². The fourth-order valence-corrected chi connectivity index (χ4v) is 1.78. The Morgan fingerprint density at radius 2 is 2.21 bits per heavy atom. The number of hydrogen-bond acceptors (Lipinski definition) is 4. The zero-order valence-electron chi connectivity index (χ0n) is 12.3. The van der Waals surface area contributed by atoms with Gasteiger partial charge in [0.25, 0.3) is 0 Å². The fraction of sp³-hybridized carbons (Fsp3) is 0.714. The van der Waals surface area contributed by atoms with E-state index in [-0.39, 0.29) is 5.97 Å². The Labute approximate surface area is 114 Å². The third kappa shape index (κ3) is 5.03. The number of ether oxygens (including phenoxy) is 2. The summed E-state index contributed by atoms with van der Waals surface area (Å²) in [6, 6.07) is 0. The summed E-state index contributed by atoms with van der Waals surface area (Å²) in [6.07, 6.45) is 3.71. The van der Waals surface area contributed by atoms with Crippen LogP contribution in [0, 0.1) is 5.92 Å². The molecular weight excluding hydrogens is 244 g/mol. The Morgan fingerprint density at radius 1 is 1.47 bits per heavy atom. The molecule has 0 fully saturated rings. The smallest absolute Gasteiger partial charge is 0.341 e. The van der Waals surface area contributed by atoms with Crippen LogP contribution in [-0.4, -0.2) is 29.0 Å². The molecule has 0 aliphatic rings. The van der Waals surface area contributed by atoms with Crippen LogP contribution in [0.5, 0.6) is 0 Å². The maximum Gasteiger partial charge on any atom is 0.341 e. The Balaban J connectivity index is 2.48. The normalized spacial score (nSPS) is 11.0. The van der Waals surface area contributed by atoms with Crippen molar-refractivity contribution in [2.45, 2.75) is 40.2 Å². The van der Waals surface area contributed by atoms with E-state index in [0.717, 1.165) is 18.5 Å². The van der Waals surface area contributed by atoms with E-state index in [2.05, 4.69) is 18.9 Å². The Morgan fingerprint density at radius 3 is 2.84 bits per heavy atom. The molecule has 108 valence electrons. The summed E-state index contributed by atoms with van der Waals surface area (Å²) < 4.78 is 12.3. The van der Waals surface area contributed by atoms with Gasteiger partial charge < -0.3 is 9.47 Å². The van der Waals surface area contributed by atoms with Crippen LogP contribution < -0.4 is 0 Å². The summed E-state index contributed by atoms with van der Waals surface area (Å²) >= 11 is 0. The zero-order valence-corrected chi connectivity index (χ0v) is 12.3. The summed E-state index contributed by atoms with van der Waals surface area (Å²) in [7, 11) is 1.80. The van der Waals surface area contributed by atoms with Crippen molar-refractivity contribution in [3.05, 3.63) is 17.5 Å². The molecular formula is C14H24N2O3. The lowest BCUT2D eigenvalue weighted by Crippen LogP contribution is -2.10. The third-order valence-corrected chi connectivity index (χ3v) is 2.87. The van der Waals surface area contributed by atoms with Crippen molar-refractivity contribution in [1.82, 2.24) is 9.78 Å². The van der Waals surface area contributed by atoms with E-state index in [4.69, 9.17) is 9.47 Å². The van der Waals surface area contributed by atoms with Crippen LogP contribution in [0.3, 0.4) is 0 Å². The molecule has 0 radical (unpaired) electrons. The number of aryl methyl sites for hydroxylation is 1. The number of rotatable bonds is 8. The molecule has 19 heavy (non-hydrogen) atoms. The molecule has 1 rings (SSSR count). The van der Waals surface area contributed by atoms with Crippen molar-refractivity contribution >= 4 is 5.97 Å². The van der Waals surface area contributed by atoms with Gasteiger partial charge >= 0.3 is 5.97 Å². The van der Waals surface area contributed by atoms with Gasteiger partial charge in [-0.25, -0.2) is 4.79 Å². The molecule has 1 aromatic rings.